The Balaban J connectivity index is 1.46. The lowest BCUT2D eigenvalue weighted by atomic mass is 10.1. The van der Waals surface area contributed by atoms with E-state index in [0.29, 0.717) is 6.54 Å². The van der Waals surface area contributed by atoms with Crippen LogP contribution in [-0.4, -0.2) is 59.0 Å². The molecule has 1 amide bonds. The maximum Gasteiger partial charge on any atom is 0.234 e. The highest BCUT2D eigenvalue weighted by atomic mass is 32.1. The van der Waals surface area contributed by atoms with Crippen molar-refractivity contribution in [3.63, 3.8) is 0 Å². The van der Waals surface area contributed by atoms with E-state index in [1.54, 1.807) is 11.3 Å². The van der Waals surface area contributed by atoms with Crippen LogP contribution in [0.3, 0.4) is 0 Å². The highest BCUT2D eigenvalue weighted by molar-refractivity contribution is 7.09. The van der Waals surface area contributed by atoms with E-state index >= 15 is 0 Å². The number of hydrogen-bond acceptors (Lipinski definition) is 5. The number of piperazine rings is 1. The third-order valence-electron chi connectivity index (χ3n) is 4.33. The average Bonchev–Trinajstić information content (AvgIpc) is 3.04. The summed E-state index contributed by atoms with van der Waals surface area (Å²) >= 11 is 1.73. The second-order valence-electron chi connectivity index (χ2n) is 7.84. The van der Waals surface area contributed by atoms with Gasteiger partial charge in [0.2, 0.25) is 5.91 Å². The molecule has 26 heavy (non-hydrogen) atoms. The van der Waals surface area contributed by atoms with Crippen molar-refractivity contribution in [2.75, 3.05) is 32.7 Å². The molecule has 2 aromatic rings. The number of nitrogens with one attached hydrogen (secondary N) is 1. The Labute approximate surface area is 160 Å². The summed E-state index contributed by atoms with van der Waals surface area (Å²) in [6, 6.07) is 10.3. The Morgan fingerprint density at radius 2 is 1.77 bits per heavy atom. The molecule has 1 aliphatic heterocycles. The van der Waals surface area contributed by atoms with Gasteiger partial charge >= 0.3 is 0 Å². The number of aromatic nitrogens is 1. The van der Waals surface area contributed by atoms with E-state index in [2.05, 4.69) is 32.6 Å². The Kier molecular flexibility index (Phi) is 6.06. The quantitative estimate of drug-likeness (QED) is 0.877. The van der Waals surface area contributed by atoms with Crippen LogP contribution in [0.2, 0.25) is 0 Å². The minimum atomic E-state index is -0.166. The van der Waals surface area contributed by atoms with Gasteiger partial charge in [0.15, 0.2) is 0 Å². The first-order valence-corrected chi connectivity index (χ1v) is 10.0. The molecule has 1 N–H and O–H groups in total. The van der Waals surface area contributed by atoms with E-state index in [1.165, 1.54) is 5.56 Å². The largest absolute Gasteiger partial charge is 0.350 e. The highest BCUT2D eigenvalue weighted by Gasteiger charge is 2.21. The second kappa shape index (κ2) is 8.29. The summed E-state index contributed by atoms with van der Waals surface area (Å²) in [5.41, 5.74) is 2.06. The molecule has 2 heterocycles. The molecule has 0 atom stereocenters. The van der Waals surface area contributed by atoms with Crippen LogP contribution in [0.5, 0.6) is 0 Å². The maximum atomic E-state index is 12.1. The molecule has 0 saturated carbocycles. The molecular weight excluding hydrogens is 344 g/mol. The van der Waals surface area contributed by atoms with Crippen molar-refractivity contribution >= 4 is 17.2 Å². The van der Waals surface area contributed by atoms with Crippen molar-refractivity contribution in [1.29, 1.82) is 0 Å². The Morgan fingerprint density at radius 3 is 2.42 bits per heavy atom. The lowest BCUT2D eigenvalue weighted by Gasteiger charge is -2.34. The van der Waals surface area contributed by atoms with Crippen LogP contribution < -0.4 is 5.32 Å². The van der Waals surface area contributed by atoms with Gasteiger partial charge in [-0.1, -0.05) is 30.3 Å². The molecule has 1 aromatic heterocycles. The minimum Gasteiger partial charge on any atom is -0.350 e. The summed E-state index contributed by atoms with van der Waals surface area (Å²) in [6.45, 7) is 11.2. The molecule has 0 radical (unpaired) electrons. The Morgan fingerprint density at radius 1 is 1.12 bits per heavy atom. The number of rotatable bonds is 5. The van der Waals surface area contributed by atoms with Gasteiger partial charge < -0.3 is 5.32 Å². The first kappa shape index (κ1) is 19.0. The van der Waals surface area contributed by atoms with Gasteiger partial charge in [-0.05, 0) is 20.8 Å². The SMILES string of the molecule is CC(C)(C)NC(=O)CN1CCN(Cc2nc(-c3ccccc3)cs2)CC1. The fourth-order valence-corrected chi connectivity index (χ4v) is 3.93. The molecule has 5 nitrogen and oxygen atoms in total. The first-order chi connectivity index (χ1) is 12.4. The zero-order valence-corrected chi connectivity index (χ0v) is 16.7. The summed E-state index contributed by atoms with van der Waals surface area (Å²) in [5.74, 6) is 0.110. The van der Waals surface area contributed by atoms with Crippen LogP contribution in [0.25, 0.3) is 11.3 Å². The fraction of sp³-hybridized carbons (Fsp3) is 0.500. The molecule has 0 unspecified atom stereocenters. The van der Waals surface area contributed by atoms with Gasteiger partial charge in [-0.15, -0.1) is 11.3 Å². The Bertz CT molecular complexity index is 715. The first-order valence-electron chi connectivity index (χ1n) is 9.14. The lowest BCUT2D eigenvalue weighted by Crippen LogP contribution is -2.51. The van der Waals surface area contributed by atoms with Gasteiger partial charge in [-0.25, -0.2) is 4.98 Å². The predicted molar refractivity (Wildman–Crippen MR) is 107 cm³/mol. The number of hydrogen-bond donors (Lipinski definition) is 1. The molecule has 1 fully saturated rings. The summed E-state index contributed by atoms with van der Waals surface area (Å²) in [4.78, 5) is 21.5. The van der Waals surface area contributed by atoms with Crippen molar-refractivity contribution in [3.8, 4) is 11.3 Å². The molecule has 3 rings (SSSR count). The number of nitrogens with zero attached hydrogens (tertiary/aromatic N) is 3. The molecule has 140 valence electrons. The van der Waals surface area contributed by atoms with E-state index in [0.717, 1.165) is 43.4 Å². The van der Waals surface area contributed by atoms with Crippen molar-refractivity contribution in [1.82, 2.24) is 20.1 Å². The molecule has 1 saturated heterocycles. The van der Waals surface area contributed by atoms with E-state index in [4.69, 9.17) is 4.98 Å². The summed E-state index contributed by atoms with van der Waals surface area (Å²) in [5, 5.41) is 6.33. The zero-order valence-electron chi connectivity index (χ0n) is 15.9. The van der Waals surface area contributed by atoms with Crippen molar-refractivity contribution in [3.05, 3.63) is 40.7 Å². The molecule has 0 bridgehead atoms. The topological polar surface area (TPSA) is 48.5 Å². The standard InChI is InChI=1S/C20H28N4OS/c1-20(2,3)22-18(25)13-23-9-11-24(12-10-23)14-19-21-17(15-26-19)16-7-5-4-6-8-16/h4-8,15H,9-14H2,1-3H3,(H,22,25). The van der Waals surface area contributed by atoms with Crippen LogP contribution in [0.1, 0.15) is 25.8 Å². The van der Waals surface area contributed by atoms with Crippen molar-refractivity contribution < 1.29 is 4.79 Å². The van der Waals surface area contributed by atoms with Gasteiger partial charge in [-0.2, -0.15) is 0 Å². The molecule has 6 heteroatoms. The summed E-state index contributed by atoms with van der Waals surface area (Å²) in [6.07, 6.45) is 0. The number of thiazole rings is 1. The van der Waals surface area contributed by atoms with Crippen molar-refractivity contribution in [2.45, 2.75) is 32.9 Å². The van der Waals surface area contributed by atoms with Crippen LogP contribution in [-0.2, 0) is 11.3 Å². The third-order valence-corrected chi connectivity index (χ3v) is 5.16. The molecule has 0 aliphatic carbocycles. The number of carbonyl (C=O) groups is 1. The van der Waals surface area contributed by atoms with Gasteiger partial charge in [-0.3, -0.25) is 14.6 Å². The molecule has 0 spiro atoms. The van der Waals surface area contributed by atoms with E-state index < -0.39 is 0 Å². The Hall–Kier alpha value is -1.76. The van der Waals surface area contributed by atoms with Gasteiger partial charge in [0.25, 0.3) is 0 Å². The minimum absolute atomic E-state index is 0.110. The van der Waals surface area contributed by atoms with Crippen LogP contribution in [0.4, 0.5) is 0 Å². The molecular formula is C20H28N4OS. The predicted octanol–water partition coefficient (Wildman–Crippen LogP) is 2.84. The number of carbonyl (C=O) groups excluding carboxylic acids is 1. The monoisotopic (exact) mass is 372 g/mol. The zero-order chi connectivity index (χ0) is 18.6. The van der Waals surface area contributed by atoms with E-state index in [1.807, 2.05) is 39.0 Å². The maximum absolute atomic E-state index is 12.1. The van der Waals surface area contributed by atoms with E-state index in [-0.39, 0.29) is 11.4 Å². The van der Waals surface area contributed by atoms with Gasteiger partial charge in [0, 0.05) is 42.7 Å². The second-order valence-corrected chi connectivity index (χ2v) is 8.79. The number of amides is 1. The number of benzene rings is 1. The smallest absolute Gasteiger partial charge is 0.234 e. The molecule has 1 aliphatic rings. The lowest BCUT2D eigenvalue weighted by molar-refractivity contribution is -0.124. The highest BCUT2D eigenvalue weighted by Crippen LogP contribution is 2.22. The average molecular weight is 373 g/mol. The van der Waals surface area contributed by atoms with Gasteiger partial charge in [0.05, 0.1) is 18.8 Å². The van der Waals surface area contributed by atoms with Gasteiger partial charge in [0.1, 0.15) is 5.01 Å². The fourth-order valence-electron chi connectivity index (χ4n) is 3.08. The third kappa shape index (κ3) is 5.62. The summed E-state index contributed by atoms with van der Waals surface area (Å²) in [7, 11) is 0. The summed E-state index contributed by atoms with van der Waals surface area (Å²) < 4.78 is 0. The van der Waals surface area contributed by atoms with Crippen LogP contribution >= 0.6 is 11.3 Å². The normalized spacial score (nSPS) is 16.6. The van der Waals surface area contributed by atoms with Crippen LogP contribution in [0.15, 0.2) is 35.7 Å². The van der Waals surface area contributed by atoms with Crippen LogP contribution in [0, 0.1) is 0 Å². The van der Waals surface area contributed by atoms with E-state index in [9.17, 15) is 4.79 Å². The van der Waals surface area contributed by atoms with Crippen molar-refractivity contribution in [2.24, 2.45) is 0 Å². The molecule has 1 aromatic carbocycles.